The lowest BCUT2D eigenvalue weighted by atomic mass is 9.88. The van der Waals surface area contributed by atoms with Crippen LogP contribution in [-0.4, -0.2) is 42.7 Å². The van der Waals surface area contributed by atoms with Crippen LogP contribution in [0, 0.1) is 5.82 Å². The van der Waals surface area contributed by atoms with Crippen LogP contribution in [0.15, 0.2) is 43.5 Å². The molecule has 0 amide bonds. The molecule has 1 atom stereocenters. The van der Waals surface area contributed by atoms with E-state index in [1.807, 2.05) is 0 Å². The van der Waals surface area contributed by atoms with Crippen LogP contribution in [0.5, 0.6) is 0 Å². The summed E-state index contributed by atoms with van der Waals surface area (Å²) in [6.45, 7) is 3.98. The molecule has 1 aliphatic rings. The number of H-pyrrole nitrogens is 1. The smallest absolute Gasteiger partial charge is 0.182 e. The molecule has 3 aromatic heterocycles. The fourth-order valence-electron chi connectivity index (χ4n) is 3.88. The van der Waals surface area contributed by atoms with Gasteiger partial charge in [-0.2, -0.15) is 0 Å². The maximum atomic E-state index is 14.0. The number of benzene rings is 1. The molecule has 4 aromatic rings. The number of anilines is 1. The van der Waals surface area contributed by atoms with Crippen molar-refractivity contribution in [3.63, 3.8) is 0 Å². The Hall–Kier alpha value is -3.33. The predicted octanol–water partition coefficient (Wildman–Crippen LogP) is 3.53. The number of imidazole rings is 2. The zero-order valence-corrected chi connectivity index (χ0v) is 15.8. The van der Waals surface area contributed by atoms with Gasteiger partial charge in [0.05, 0.1) is 23.5 Å². The second kappa shape index (κ2) is 6.93. The molecule has 0 bridgehead atoms. The van der Waals surface area contributed by atoms with Gasteiger partial charge in [0, 0.05) is 13.2 Å². The van der Waals surface area contributed by atoms with Gasteiger partial charge in [-0.1, -0.05) is 6.08 Å². The molecule has 9 heteroatoms. The Kier molecular flexibility index (Phi) is 4.24. The Balaban J connectivity index is 1.58. The zero-order chi connectivity index (χ0) is 20.0. The highest BCUT2D eigenvalue weighted by atomic mass is 19.1. The first-order chi connectivity index (χ1) is 14.2. The normalized spacial score (nSPS) is 19.9. The van der Waals surface area contributed by atoms with Gasteiger partial charge >= 0.3 is 0 Å². The molecule has 3 heterocycles. The first kappa shape index (κ1) is 17.7. The summed E-state index contributed by atoms with van der Waals surface area (Å²) in [5.41, 5.74) is 2.78. The number of ether oxygens (including phenoxy) is 1. The number of halogens is 1. The van der Waals surface area contributed by atoms with Crippen molar-refractivity contribution in [2.45, 2.75) is 31.0 Å². The lowest BCUT2D eigenvalue weighted by Gasteiger charge is -2.37. The summed E-state index contributed by atoms with van der Waals surface area (Å²) in [4.78, 5) is 20.5. The number of fused-ring (bicyclic) bond motifs is 2. The van der Waals surface area contributed by atoms with Crippen LogP contribution < -0.4 is 5.32 Å². The molecule has 29 heavy (non-hydrogen) atoms. The Bertz CT molecular complexity index is 1190. The Morgan fingerprint density at radius 3 is 3.00 bits per heavy atom. The van der Waals surface area contributed by atoms with Gasteiger partial charge in [-0.25, -0.2) is 24.3 Å². The number of hydrogen-bond donors (Lipinski definition) is 2. The van der Waals surface area contributed by atoms with Gasteiger partial charge in [0.15, 0.2) is 11.5 Å². The van der Waals surface area contributed by atoms with Crippen molar-refractivity contribution in [2.75, 3.05) is 12.4 Å². The lowest BCUT2D eigenvalue weighted by molar-refractivity contribution is 0.00651. The molecule has 0 aliphatic heterocycles. The summed E-state index contributed by atoms with van der Waals surface area (Å²) in [6, 6.07) is 4.51. The molecular weight excluding hydrogens is 373 g/mol. The molecule has 1 fully saturated rings. The van der Waals surface area contributed by atoms with E-state index < -0.39 is 0 Å². The zero-order valence-electron chi connectivity index (χ0n) is 15.8. The van der Waals surface area contributed by atoms with Gasteiger partial charge in [-0.15, -0.1) is 6.58 Å². The van der Waals surface area contributed by atoms with Gasteiger partial charge in [-0.3, -0.25) is 0 Å². The maximum absolute atomic E-state index is 14.0. The van der Waals surface area contributed by atoms with Crippen LogP contribution in [-0.2, 0) is 4.74 Å². The number of methoxy groups -OCH3 is 1. The molecule has 5 rings (SSSR count). The average molecular weight is 393 g/mol. The van der Waals surface area contributed by atoms with E-state index in [4.69, 9.17) is 9.72 Å². The average Bonchev–Trinajstić information content (AvgIpc) is 3.31. The number of aromatic nitrogens is 6. The predicted molar refractivity (Wildman–Crippen MR) is 107 cm³/mol. The highest BCUT2D eigenvalue weighted by molar-refractivity contribution is 5.82. The number of nitrogens with one attached hydrogen (secondary N) is 2. The van der Waals surface area contributed by atoms with Crippen LogP contribution in [0.3, 0.4) is 0 Å². The van der Waals surface area contributed by atoms with Crippen molar-refractivity contribution in [1.29, 1.82) is 0 Å². The summed E-state index contributed by atoms with van der Waals surface area (Å²) < 4.78 is 21.5. The van der Waals surface area contributed by atoms with E-state index >= 15 is 0 Å². The van der Waals surface area contributed by atoms with E-state index in [0.717, 1.165) is 29.7 Å². The molecule has 8 nitrogen and oxygen atoms in total. The number of aromatic amines is 1. The largest absolute Gasteiger partial charge is 0.381 e. The van der Waals surface area contributed by atoms with Crippen LogP contribution in [0.25, 0.3) is 22.2 Å². The van der Waals surface area contributed by atoms with Gasteiger partial charge in [0.1, 0.15) is 29.5 Å². The van der Waals surface area contributed by atoms with Crippen molar-refractivity contribution in [3.05, 3.63) is 55.2 Å². The first-order valence-corrected chi connectivity index (χ1v) is 9.41. The lowest BCUT2D eigenvalue weighted by Crippen LogP contribution is -2.34. The van der Waals surface area contributed by atoms with Gasteiger partial charge in [-0.05, 0) is 31.0 Å². The molecule has 148 valence electrons. The van der Waals surface area contributed by atoms with Gasteiger partial charge < -0.3 is 19.6 Å². The Morgan fingerprint density at radius 1 is 1.34 bits per heavy atom. The van der Waals surface area contributed by atoms with Gasteiger partial charge in [0.25, 0.3) is 0 Å². The quantitative estimate of drug-likeness (QED) is 0.487. The van der Waals surface area contributed by atoms with E-state index in [0.29, 0.717) is 17.0 Å². The number of rotatable bonds is 6. The molecule has 2 N–H and O–H groups in total. The molecule has 0 spiro atoms. The maximum Gasteiger partial charge on any atom is 0.182 e. The van der Waals surface area contributed by atoms with Crippen molar-refractivity contribution in [3.8, 4) is 0 Å². The molecule has 0 saturated heterocycles. The third-order valence-electron chi connectivity index (χ3n) is 5.48. The second-order valence-corrected chi connectivity index (χ2v) is 7.14. The number of hydrogen-bond acceptors (Lipinski definition) is 6. The standard InChI is InChI=1S/C20H20FN7O/c1-3-14(26-19-17-18(23-9-22-17)24-10-25-19)20-27-15-5-4-11(21)6-16(15)28(20)12-7-13(8-12)29-2/h3-6,9-10,12-14H,1,7-8H2,2H3,(H2,22,23,24,25,26). The van der Waals surface area contributed by atoms with Crippen LogP contribution in [0.1, 0.15) is 30.7 Å². The molecule has 1 aromatic carbocycles. The van der Waals surface area contributed by atoms with Crippen LogP contribution in [0.4, 0.5) is 10.2 Å². The minimum Gasteiger partial charge on any atom is -0.381 e. The van der Waals surface area contributed by atoms with Crippen LogP contribution in [0.2, 0.25) is 0 Å². The molecule has 0 radical (unpaired) electrons. The van der Waals surface area contributed by atoms with Crippen molar-refractivity contribution >= 4 is 28.0 Å². The van der Waals surface area contributed by atoms with E-state index in [1.54, 1.807) is 25.6 Å². The van der Waals surface area contributed by atoms with E-state index in [1.165, 1.54) is 18.5 Å². The second-order valence-electron chi connectivity index (χ2n) is 7.14. The molecule has 1 saturated carbocycles. The highest BCUT2D eigenvalue weighted by Gasteiger charge is 2.34. The summed E-state index contributed by atoms with van der Waals surface area (Å²) in [7, 11) is 1.71. The van der Waals surface area contributed by atoms with E-state index in [-0.39, 0.29) is 24.0 Å². The minimum atomic E-state index is -0.339. The van der Waals surface area contributed by atoms with Crippen molar-refractivity contribution in [2.24, 2.45) is 0 Å². The summed E-state index contributed by atoms with van der Waals surface area (Å²) in [6.07, 6.45) is 6.72. The summed E-state index contributed by atoms with van der Waals surface area (Å²) in [5, 5.41) is 3.37. The third-order valence-corrected chi connectivity index (χ3v) is 5.48. The number of nitrogens with zero attached hydrogens (tertiary/aromatic N) is 5. The van der Waals surface area contributed by atoms with E-state index in [9.17, 15) is 4.39 Å². The Labute approximate surface area is 165 Å². The highest BCUT2D eigenvalue weighted by Crippen LogP contribution is 2.39. The van der Waals surface area contributed by atoms with Crippen molar-refractivity contribution < 1.29 is 9.13 Å². The molecule has 1 unspecified atom stereocenters. The monoisotopic (exact) mass is 393 g/mol. The van der Waals surface area contributed by atoms with Gasteiger partial charge in [0.2, 0.25) is 0 Å². The van der Waals surface area contributed by atoms with Crippen molar-refractivity contribution in [1.82, 2.24) is 29.5 Å². The fraction of sp³-hybridized carbons (Fsp3) is 0.300. The molecular formula is C20H20FN7O. The topological polar surface area (TPSA) is 93.5 Å². The summed E-state index contributed by atoms with van der Waals surface area (Å²) in [5.74, 6) is 1.07. The fourth-order valence-corrected chi connectivity index (χ4v) is 3.88. The minimum absolute atomic E-state index is 0.184. The molecule has 1 aliphatic carbocycles. The van der Waals surface area contributed by atoms with E-state index in [2.05, 4.69) is 36.4 Å². The first-order valence-electron chi connectivity index (χ1n) is 9.41. The Morgan fingerprint density at radius 2 is 2.21 bits per heavy atom. The van der Waals surface area contributed by atoms with Crippen LogP contribution >= 0.6 is 0 Å². The SMILES string of the molecule is C=CC(Nc1ncnc2nc[nH]c12)c1nc2ccc(F)cc2n1C1CC(OC)C1. The summed E-state index contributed by atoms with van der Waals surface area (Å²) >= 11 is 0. The third kappa shape index (κ3) is 2.94.